The number of likely N-dealkylation sites (N-methyl/N-ethyl adjacent to an activating group) is 1. The molecule has 6 aliphatic rings. The molecule has 6 fully saturated rings. The van der Waals surface area contributed by atoms with Crippen molar-refractivity contribution >= 4 is 95.4 Å². The lowest BCUT2D eigenvalue weighted by Crippen LogP contribution is -2.47. The fourth-order valence-electron chi connectivity index (χ4n) is 16.0. The molecule has 4 bridgehead atoms. The van der Waals surface area contributed by atoms with Crippen molar-refractivity contribution in [2.45, 2.75) is 83.5 Å². The highest BCUT2D eigenvalue weighted by molar-refractivity contribution is 6.08. The highest BCUT2D eigenvalue weighted by Gasteiger charge is 2.51. The number of nitrogens with one attached hydrogen (secondary N) is 4. The van der Waals surface area contributed by atoms with Crippen molar-refractivity contribution in [1.29, 1.82) is 0 Å². The van der Waals surface area contributed by atoms with Gasteiger partial charge in [0, 0.05) is 69.7 Å². The van der Waals surface area contributed by atoms with Crippen molar-refractivity contribution < 1.29 is 38.4 Å². The maximum absolute atomic E-state index is 13.5. The van der Waals surface area contributed by atoms with Gasteiger partial charge in [-0.1, -0.05) is 299 Å². The van der Waals surface area contributed by atoms with Crippen molar-refractivity contribution in [2.75, 3.05) is 39.8 Å². The Kier molecular flexibility index (Phi) is 32.5. The third-order valence-corrected chi connectivity index (χ3v) is 21.4. The molecule has 0 spiro atoms. The van der Waals surface area contributed by atoms with Crippen LogP contribution < -0.4 is 21.3 Å². The number of hydrogen-bond donors (Lipinski definition) is 4. The summed E-state index contributed by atoms with van der Waals surface area (Å²) >= 11 is 0. The zero-order valence-corrected chi connectivity index (χ0v) is 66.1. The first kappa shape index (κ1) is 84.3. The van der Waals surface area contributed by atoms with Crippen molar-refractivity contribution in [3.8, 4) is 0 Å². The van der Waals surface area contributed by atoms with Crippen LogP contribution in [-0.2, 0) is 44.8 Å². The number of Topliss-reactive ketones (excluding diaryl/α,β-unsaturated/α-hetero) is 4. The molecule has 590 valence electrons. The quantitative estimate of drug-likeness (QED) is 0.0343. The molecule has 9 aromatic rings. The van der Waals surface area contributed by atoms with E-state index in [2.05, 4.69) is 38.1 Å². The number of ketones is 4. The number of piperazine rings is 1. The maximum atomic E-state index is 13.5. The Bertz CT molecular complexity index is 4920. The smallest absolute Gasteiger partial charge is 0.248 e. The van der Waals surface area contributed by atoms with Crippen LogP contribution in [-0.4, -0.2) is 96.3 Å². The standard InChI is InChI=1S/C29H31NO2.C25H21NO2.C24H27N3O2.C24H25NO2/c31-27(20-29-17-23-13-24(18-29)15-25(14-23)19-29)26(16-22-9-5-2-6-10-22)30-28(32)12-11-21-7-3-1-4-8-21;27-24(19-22-14-8-3-9-15-22)23(18-21-12-6-2-7-13-21)26-25(28)17-16-20-10-4-1-5-11-20;1-26-14-16-27(17-15-26)19-23(28)22(18-21-10-6-3-7-11-21)25-24(29)13-12-20-8-4-2-5-9-20;26-23(18-21-13-7-8-14-21)22(17-20-11-5-2-6-12-20)25-24(27)16-15-19-9-3-1-4-10-19/h1-12,16,23-25H,13-15,17-20H2,(H,30,32);1-18H,19H2,(H,26,28);2-13,18H,14-17,19H2,1H3,(H,25,29);1-6,9-12,15-17,21H,7-8,13-14,18H2,(H,25,27)/b12-11+,26-16-;17-16+,23-18-;13-12+,22-18-;16-15+,22-17-. The maximum Gasteiger partial charge on any atom is 0.248 e. The topological polar surface area (TPSA) is 191 Å². The van der Waals surface area contributed by atoms with Crippen LogP contribution in [0.25, 0.3) is 48.6 Å². The second-order valence-corrected chi connectivity index (χ2v) is 30.7. The van der Waals surface area contributed by atoms with Gasteiger partial charge in [0.25, 0.3) is 0 Å². The fraction of sp³-hybridized carbons (Fsp3) is 0.235. The van der Waals surface area contributed by atoms with Crippen molar-refractivity contribution in [3.63, 3.8) is 0 Å². The minimum Gasteiger partial charge on any atom is -0.319 e. The second-order valence-electron chi connectivity index (χ2n) is 30.7. The van der Waals surface area contributed by atoms with Crippen LogP contribution >= 0.6 is 0 Å². The molecule has 4 N–H and O–H groups in total. The Labute approximate surface area is 683 Å². The minimum atomic E-state index is -0.340. The Morgan fingerprint density at radius 1 is 0.336 bits per heavy atom. The number of amides is 4. The summed E-state index contributed by atoms with van der Waals surface area (Å²) in [6, 6.07) is 86.4. The van der Waals surface area contributed by atoms with E-state index in [0.717, 1.165) is 107 Å². The predicted octanol–water partition coefficient (Wildman–Crippen LogP) is 18.4. The molecular weight excluding hydrogens is 1440 g/mol. The van der Waals surface area contributed by atoms with E-state index in [4.69, 9.17) is 0 Å². The van der Waals surface area contributed by atoms with E-state index in [-0.39, 0.29) is 64.3 Å². The molecule has 5 aliphatic carbocycles. The van der Waals surface area contributed by atoms with Crippen LogP contribution in [0.3, 0.4) is 0 Å². The van der Waals surface area contributed by atoms with E-state index in [1.807, 2.05) is 279 Å². The van der Waals surface area contributed by atoms with Gasteiger partial charge in [0.2, 0.25) is 23.6 Å². The van der Waals surface area contributed by atoms with Crippen LogP contribution in [0.2, 0.25) is 0 Å². The van der Waals surface area contributed by atoms with Crippen molar-refractivity contribution in [2.24, 2.45) is 29.1 Å². The normalized spacial score (nSPS) is 18.2. The van der Waals surface area contributed by atoms with E-state index in [0.29, 0.717) is 42.4 Å². The molecule has 0 aromatic heterocycles. The first-order valence-electron chi connectivity index (χ1n) is 40.4. The van der Waals surface area contributed by atoms with E-state index in [1.165, 1.54) is 75.7 Å². The van der Waals surface area contributed by atoms with Crippen LogP contribution in [0.5, 0.6) is 0 Å². The van der Waals surface area contributed by atoms with Gasteiger partial charge in [0.15, 0.2) is 23.1 Å². The molecule has 0 radical (unpaired) electrons. The van der Waals surface area contributed by atoms with Crippen molar-refractivity contribution in [1.82, 2.24) is 31.1 Å². The molecule has 15 rings (SSSR count). The summed E-state index contributed by atoms with van der Waals surface area (Å²) in [6.07, 6.45) is 33.4. The minimum absolute atomic E-state index is 0.00668. The molecule has 1 heterocycles. The third kappa shape index (κ3) is 28.8. The number of nitrogens with zero attached hydrogens (tertiary/aromatic N) is 2. The number of hydrogen-bond acceptors (Lipinski definition) is 10. The van der Waals surface area contributed by atoms with Crippen LogP contribution in [0.15, 0.2) is 320 Å². The number of allylic oxidation sites excluding steroid dienone is 3. The second kappa shape index (κ2) is 44.7. The fourth-order valence-corrected chi connectivity index (χ4v) is 16.0. The zero-order chi connectivity index (χ0) is 80.9. The monoisotopic (exact) mass is 1540 g/mol. The lowest BCUT2D eigenvalue weighted by atomic mass is 9.48. The Hall–Kier alpha value is -12.6. The molecule has 0 atom stereocenters. The summed E-state index contributed by atoms with van der Waals surface area (Å²) < 4.78 is 0. The summed E-state index contributed by atoms with van der Waals surface area (Å²) in [5, 5.41) is 11.2. The Balaban J connectivity index is 0.000000152. The lowest BCUT2D eigenvalue weighted by Gasteiger charge is -2.56. The average Bonchev–Trinajstić information content (AvgIpc) is 0.823. The average molecular weight is 1540 g/mol. The van der Waals surface area contributed by atoms with Gasteiger partial charge in [0.05, 0.1) is 29.3 Å². The zero-order valence-electron chi connectivity index (χ0n) is 66.1. The van der Waals surface area contributed by atoms with Crippen LogP contribution in [0.4, 0.5) is 0 Å². The summed E-state index contributed by atoms with van der Waals surface area (Å²) in [5.41, 5.74) is 9.73. The molecule has 5 saturated carbocycles. The number of rotatable bonds is 28. The Morgan fingerprint density at radius 3 is 0.931 bits per heavy atom. The van der Waals surface area contributed by atoms with Gasteiger partial charge < -0.3 is 26.2 Å². The molecule has 1 aliphatic heterocycles. The molecule has 14 heteroatoms. The molecule has 9 aromatic carbocycles. The predicted molar refractivity (Wildman–Crippen MR) is 468 cm³/mol. The largest absolute Gasteiger partial charge is 0.319 e. The number of carbonyl (C=O) groups is 8. The van der Waals surface area contributed by atoms with Gasteiger partial charge in [-0.3, -0.25) is 43.3 Å². The van der Waals surface area contributed by atoms with E-state index < -0.39 is 0 Å². The van der Waals surface area contributed by atoms with Gasteiger partial charge in [-0.05, 0) is 173 Å². The van der Waals surface area contributed by atoms with Gasteiger partial charge in [-0.15, -0.1) is 0 Å². The van der Waals surface area contributed by atoms with Crippen molar-refractivity contribution in [3.05, 3.63) is 370 Å². The van der Waals surface area contributed by atoms with E-state index in [1.54, 1.807) is 42.5 Å². The Morgan fingerprint density at radius 2 is 0.612 bits per heavy atom. The SMILES string of the molecule is CN1CCN(CC(=O)/C(=C/c2ccccc2)NC(=O)/C=C/c2ccccc2)CC1.O=C(/C=C/c1ccccc1)N/C(=C\c1ccccc1)C(=O)CC12CC3CC(CC(C3)C1)C2.O=C(/C=C/c1ccccc1)N/C(=C\c1ccccc1)C(=O)CC1CCCC1.O=C(/C=C/c1ccccc1)N/C(=C\c1ccccc1)C(=O)Cc1ccccc1. The summed E-state index contributed by atoms with van der Waals surface area (Å²) in [4.78, 5) is 106. The van der Waals surface area contributed by atoms with Gasteiger partial charge in [-0.25, -0.2) is 0 Å². The highest BCUT2D eigenvalue weighted by atomic mass is 16.2. The summed E-state index contributed by atoms with van der Waals surface area (Å²) in [7, 11) is 2.08. The number of carbonyl (C=O) groups excluding carboxylic acids is 8. The van der Waals surface area contributed by atoms with Gasteiger partial charge >= 0.3 is 0 Å². The first-order valence-corrected chi connectivity index (χ1v) is 40.4. The van der Waals surface area contributed by atoms with E-state index in [9.17, 15) is 38.4 Å². The van der Waals surface area contributed by atoms with E-state index >= 15 is 0 Å². The molecule has 4 amide bonds. The number of benzene rings is 9. The first-order chi connectivity index (χ1) is 56.6. The van der Waals surface area contributed by atoms with Gasteiger partial charge in [0.1, 0.15) is 0 Å². The summed E-state index contributed by atoms with van der Waals surface area (Å²) in [6.45, 7) is 3.88. The molecular formula is C102H104N6O8. The third-order valence-electron chi connectivity index (χ3n) is 21.4. The lowest BCUT2D eigenvalue weighted by molar-refractivity contribution is -0.126. The molecule has 1 saturated heterocycles. The van der Waals surface area contributed by atoms with Crippen LogP contribution in [0.1, 0.15) is 127 Å². The summed E-state index contributed by atoms with van der Waals surface area (Å²) in [5.74, 6) is 1.48. The molecule has 0 unspecified atom stereocenters. The van der Waals surface area contributed by atoms with Gasteiger partial charge in [-0.2, -0.15) is 0 Å². The molecule has 116 heavy (non-hydrogen) atoms. The van der Waals surface area contributed by atoms with Crippen LogP contribution in [0, 0.1) is 29.1 Å². The molecule has 14 nitrogen and oxygen atoms in total. The highest BCUT2D eigenvalue weighted by Crippen LogP contribution is 2.61.